The van der Waals surface area contributed by atoms with Crippen LogP contribution in [0.3, 0.4) is 0 Å². The minimum absolute atomic E-state index is 0.290. The van der Waals surface area contributed by atoms with Gasteiger partial charge >= 0.3 is 0 Å². The first-order chi connectivity index (χ1) is 6.40. The van der Waals surface area contributed by atoms with Crippen molar-refractivity contribution in [2.24, 2.45) is 5.41 Å². The van der Waals surface area contributed by atoms with Gasteiger partial charge in [0.15, 0.2) is 0 Å². The summed E-state index contributed by atoms with van der Waals surface area (Å²) in [5.74, 6) is 1.01. The summed E-state index contributed by atoms with van der Waals surface area (Å²) in [5, 5.41) is 3.38. The molecule has 0 aromatic carbocycles. The summed E-state index contributed by atoms with van der Waals surface area (Å²) >= 11 is 0. The maximum absolute atomic E-state index is 4.33. The first-order valence-corrected chi connectivity index (χ1v) is 5.06. The normalized spacial score (nSPS) is 11.5. The van der Waals surface area contributed by atoms with Crippen molar-refractivity contribution in [3.8, 4) is 0 Å². The van der Waals surface area contributed by atoms with E-state index < -0.39 is 0 Å². The lowest BCUT2D eigenvalue weighted by molar-refractivity contribution is 0.442. The minimum atomic E-state index is 0.290. The van der Waals surface area contributed by atoms with E-state index in [4.69, 9.17) is 0 Å². The van der Waals surface area contributed by atoms with Gasteiger partial charge in [0.2, 0.25) is 0 Å². The monoisotopic (exact) mass is 192 g/mol. The molecular weight excluding hydrogens is 172 g/mol. The SMILES string of the molecule is Cc1ccnc(NCC(C)(C)C)c1C. The molecule has 78 valence electrons. The van der Waals surface area contributed by atoms with E-state index in [0.717, 1.165) is 12.4 Å². The first kappa shape index (κ1) is 11.0. The Balaban J connectivity index is 2.73. The molecule has 0 bridgehead atoms. The number of rotatable bonds is 2. The van der Waals surface area contributed by atoms with Crippen LogP contribution in [0.25, 0.3) is 0 Å². The molecule has 2 heteroatoms. The van der Waals surface area contributed by atoms with E-state index in [-0.39, 0.29) is 5.41 Å². The highest BCUT2D eigenvalue weighted by Gasteiger charge is 2.10. The standard InChI is InChI=1S/C12H20N2/c1-9-6-7-13-11(10(9)2)14-8-12(3,4)5/h6-7H,8H2,1-5H3,(H,13,14). The summed E-state index contributed by atoms with van der Waals surface area (Å²) in [6.45, 7) is 11.8. The van der Waals surface area contributed by atoms with Crippen LogP contribution in [0.1, 0.15) is 31.9 Å². The summed E-state index contributed by atoms with van der Waals surface area (Å²) in [5.41, 5.74) is 2.82. The van der Waals surface area contributed by atoms with E-state index in [1.165, 1.54) is 11.1 Å². The van der Waals surface area contributed by atoms with Crippen LogP contribution >= 0.6 is 0 Å². The third-order valence-electron chi connectivity index (χ3n) is 2.26. The molecule has 0 aliphatic rings. The van der Waals surface area contributed by atoms with Gasteiger partial charge in [-0.25, -0.2) is 4.98 Å². The number of pyridine rings is 1. The summed E-state index contributed by atoms with van der Waals surface area (Å²) in [6, 6.07) is 2.04. The van der Waals surface area contributed by atoms with Crippen LogP contribution in [0.15, 0.2) is 12.3 Å². The van der Waals surface area contributed by atoms with Gasteiger partial charge in [-0.2, -0.15) is 0 Å². The highest BCUT2D eigenvalue weighted by molar-refractivity contribution is 5.46. The molecule has 0 saturated heterocycles. The zero-order chi connectivity index (χ0) is 10.8. The van der Waals surface area contributed by atoms with E-state index in [0.29, 0.717) is 0 Å². The molecule has 1 rings (SSSR count). The Morgan fingerprint density at radius 1 is 1.29 bits per heavy atom. The van der Waals surface area contributed by atoms with Crippen molar-refractivity contribution in [3.63, 3.8) is 0 Å². The Hall–Kier alpha value is -1.05. The molecule has 0 aliphatic carbocycles. The molecule has 0 saturated carbocycles. The number of nitrogens with zero attached hydrogens (tertiary/aromatic N) is 1. The van der Waals surface area contributed by atoms with Gasteiger partial charge in [0.1, 0.15) is 5.82 Å². The molecule has 0 spiro atoms. The molecule has 14 heavy (non-hydrogen) atoms. The molecule has 0 atom stereocenters. The average Bonchev–Trinajstić information content (AvgIpc) is 2.06. The molecule has 2 nitrogen and oxygen atoms in total. The van der Waals surface area contributed by atoms with Crippen molar-refractivity contribution in [2.45, 2.75) is 34.6 Å². The van der Waals surface area contributed by atoms with Crippen molar-refractivity contribution >= 4 is 5.82 Å². The largest absolute Gasteiger partial charge is 0.369 e. The van der Waals surface area contributed by atoms with E-state index in [9.17, 15) is 0 Å². The molecule has 0 radical (unpaired) electrons. The second-order valence-corrected chi connectivity index (χ2v) is 5.02. The van der Waals surface area contributed by atoms with E-state index in [1.54, 1.807) is 0 Å². The maximum Gasteiger partial charge on any atom is 0.129 e. The van der Waals surface area contributed by atoms with E-state index in [1.807, 2.05) is 12.3 Å². The number of aryl methyl sites for hydroxylation is 1. The molecule has 0 aliphatic heterocycles. The molecular formula is C12H20N2. The first-order valence-electron chi connectivity index (χ1n) is 5.06. The summed E-state index contributed by atoms with van der Waals surface area (Å²) in [7, 11) is 0. The number of anilines is 1. The lowest BCUT2D eigenvalue weighted by Crippen LogP contribution is -2.20. The molecule has 1 aromatic rings. The van der Waals surface area contributed by atoms with Crippen LogP contribution in [0.4, 0.5) is 5.82 Å². The highest BCUT2D eigenvalue weighted by Crippen LogP contribution is 2.18. The quantitative estimate of drug-likeness (QED) is 0.778. The summed E-state index contributed by atoms with van der Waals surface area (Å²) in [6.07, 6.45) is 1.85. The van der Waals surface area contributed by atoms with Crippen LogP contribution in [0, 0.1) is 19.3 Å². The second kappa shape index (κ2) is 3.99. The van der Waals surface area contributed by atoms with Gasteiger partial charge < -0.3 is 5.32 Å². The van der Waals surface area contributed by atoms with E-state index >= 15 is 0 Å². The van der Waals surface area contributed by atoms with Crippen molar-refractivity contribution in [3.05, 3.63) is 23.4 Å². The maximum atomic E-state index is 4.33. The van der Waals surface area contributed by atoms with Crippen LogP contribution < -0.4 is 5.32 Å². The van der Waals surface area contributed by atoms with Gasteiger partial charge in [-0.1, -0.05) is 20.8 Å². The Kier molecular flexibility index (Phi) is 3.14. The smallest absolute Gasteiger partial charge is 0.129 e. The Morgan fingerprint density at radius 3 is 2.50 bits per heavy atom. The Bertz CT molecular complexity index is 311. The molecule has 0 amide bonds. The second-order valence-electron chi connectivity index (χ2n) is 5.02. The molecule has 1 N–H and O–H groups in total. The third-order valence-corrected chi connectivity index (χ3v) is 2.26. The fourth-order valence-electron chi connectivity index (χ4n) is 1.16. The van der Waals surface area contributed by atoms with Gasteiger partial charge in [-0.05, 0) is 36.5 Å². The summed E-state index contributed by atoms with van der Waals surface area (Å²) < 4.78 is 0. The fourth-order valence-corrected chi connectivity index (χ4v) is 1.16. The highest BCUT2D eigenvalue weighted by atomic mass is 15.0. The lowest BCUT2D eigenvalue weighted by Gasteiger charge is -2.20. The minimum Gasteiger partial charge on any atom is -0.369 e. The van der Waals surface area contributed by atoms with Gasteiger partial charge in [-0.15, -0.1) is 0 Å². The van der Waals surface area contributed by atoms with Crippen LogP contribution in [-0.2, 0) is 0 Å². The Labute approximate surface area is 86.8 Å². The van der Waals surface area contributed by atoms with Crippen LogP contribution in [-0.4, -0.2) is 11.5 Å². The predicted octanol–water partition coefficient (Wildman–Crippen LogP) is 3.16. The van der Waals surface area contributed by atoms with E-state index in [2.05, 4.69) is 44.9 Å². The van der Waals surface area contributed by atoms with Gasteiger partial charge in [-0.3, -0.25) is 0 Å². The van der Waals surface area contributed by atoms with Crippen LogP contribution in [0.5, 0.6) is 0 Å². The van der Waals surface area contributed by atoms with Gasteiger partial charge in [0, 0.05) is 12.7 Å². The summed E-state index contributed by atoms with van der Waals surface area (Å²) in [4.78, 5) is 4.33. The van der Waals surface area contributed by atoms with Gasteiger partial charge in [0.25, 0.3) is 0 Å². The van der Waals surface area contributed by atoms with Crippen molar-refractivity contribution in [1.82, 2.24) is 4.98 Å². The predicted molar refractivity (Wildman–Crippen MR) is 61.7 cm³/mol. The average molecular weight is 192 g/mol. The Morgan fingerprint density at radius 2 is 1.93 bits per heavy atom. The molecule has 0 unspecified atom stereocenters. The fraction of sp³-hybridized carbons (Fsp3) is 0.583. The number of hydrogen-bond acceptors (Lipinski definition) is 2. The lowest BCUT2D eigenvalue weighted by atomic mass is 9.97. The van der Waals surface area contributed by atoms with Crippen molar-refractivity contribution in [1.29, 1.82) is 0 Å². The third kappa shape index (κ3) is 3.02. The molecule has 1 heterocycles. The number of nitrogens with one attached hydrogen (secondary N) is 1. The van der Waals surface area contributed by atoms with Crippen molar-refractivity contribution in [2.75, 3.05) is 11.9 Å². The molecule has 0 fully saturated rings. The van der Waals surface area contributed by atoms with Crippen LogP contribution in [0.2, 0.25) is 0 Å². The number of hydrogen-bond donors (Lipinski definition) is 1. The zero-order valence-corrected chi connectivity index (χ0v) is 9.81. The zero-order valence-electron chi connectivity index (χ0n) is 9.81. The topological polar surface area (TPSA) is 24.9 Å². The number of aromatic nitrogens is 1. The van der Waals surface area contributed by atoms with Gasteiger partial charge in [0.05, 0.1) is 0 Å². The molecule has 1 aromatic heterocycles. The van der Waals surface area contributed by atoms with Crippen molar-refractivity contribution < 1.29 is 0 Å².